The van der Waals surface area contributed by atoms with Crippen LogP contribution in [0.1, 0.15) is 18.1 Å². The number of aliphatic hydroxyl groups is 1. The van der Waals surface area contributed by atoms with Crippen molar-refractivity contribution in [2.45, 2.75) is 25.9 Å². The zero-order valence-corrected chi connectivity index (χ0v) is 15.5. The van der Waals surface area contributed by atoms with Gasteiger partial charge in [0.25, 0.3) is 0 Å². The van der Waals surface area contributed by atoms with E-state index in [1.807, 2.05) is 43.3 Å². The van der Waals surface area contributed by atoms with Gasteiger partial charge < -0.3 is 15.2 Å². The Morgan fingerprint density at radius 2 is 1.96 bits per heavy atom. The van der Waals surface area contributed by atoms with Gasteiger partial charge in [0.15, 0.2) is 0 Å². The first kappa shape index (κ1) is 18.6. The molecule has 0 spiro atoms. The number of nitrogens with one attached hydrogen (secondary N) is 1. The lowest BCUT2D eigenvalue weighted by atomic mass is 10.1. The third-order valence-electron chi connectivity index (χ3n) is 4.21. The molecule has 5 heteroatoms. The minimum Gasteiger partial charge on any atom is -0.477 e. The first-order chi connectivity index (χ1) is 12.7. The van der Waals surface area contributed by atoms with Crippen LogP contribution < -0.4 is 10.1 Å². The fourth-order valence-electron chi connectivity index (χ4n) is 2.68. The molecule has 0 aliphatic rings. The molecule has 4 nitrogen and oxygen atoms in total. The quantitative estimate of drug-likeness (QED) is 0.629. The van der Waals surface area contributed by atoms with Crippen LogP contribution in [0.15, 0.2) is 54.6 Å². The van der Waals surface area contributed by atoms with E-state index in [0.29, 0.717) is 24.1 Å². The molecule has 0 aliphatic carbocycles. The second kappa shape index (κ2) is 8.99. The third-order valence-corrected chi connectivity index (χ3v) is 4.44. The molecule has 0 saturated carbocycles. The molecule has 2 aromatic carbocycles. The topological polar surface area (TPSA) is 54.4 Å². The molecule has 26 heavy (non-hydrogen) atoms. The van der Waals surface area contributed by atoms with Gasteiger partial charge in [-0.1, -0.05) is 48.0 Å². The maximum absolute atomic E-state index is 9.23. The number of rotatable bonds is 8. The van der Waals surface area contributed by atoms with E-state index in [0.717, 1.165) is 22.9 Å². The molecule has 0 amide bonds. The van der Waals surface area contributed by atoms with E-state index in [1.54, 1.807) is 0 Å². The van der Waals surface area contributed by atoms with Crippen molar-refractivity contribution in [3.63, 3.8) is 0 Å². The number of ether oxygens (including phenoxy) is 1. The minimum atomic E-state index is 0.00748. The largest absolute Gasteiger partial charge is 0.477 e. The van der Waals surface area contributed by atoms with Crippen molar-refractivity contribution in [3.05, 3.63) is 70.7 Å². The van der Waals surface area contributed by atoms with E-state index in [4.69, 9.17) is 16.3 Å². The highest BCUT2D eigenvalue weighted by molar-refractivity contribution is 6.31. The Balaban J connectivity index is 1.79. The Labute approximate surface area is 158 Å². The number of nitrogens with zero attached hydrogens (tertiary/aromatic N) is 1. The van der Waals surface area contributed by atoms with Crippen LogP contribution in [0.2, 0.25) is 5.02 Å². The minimum absolute atomic E-state index is 0.00748. The van der Waals surface area contributed by atoms with Gasteiger partial charge in [0, 0.05) is 35.0 Å². The fraction of sp³-hybridized carbons (Fsp3) is 0.286. The van der Waals surface area contributed by atoms with Crippen LogP contribution in [0.3, 0.4) is 0 Å². The van der Waals surface area contributed by atoms with Gasteiger partial charge in [-0.05, 0) is 30.7 Å². The average Bonchev–Trinajstić information content (AvgIpc) is 2.66. The molecule has 1 aromatic heterocycles. The molecular weight excluding hydrogens is 348 g/mol. The van der Waals surface area contributed by atoms with Crippen LogP contribution in [0.4, 0.5) is 0 Å². The SMILES string of the molecule is CC(CO)NCc1cc2ccc(Cl)cc2nc1OCCc1ccccc1. The summed E-state index contributed by atoms with van der Waals surface area (Å²) in [6.45, 7) is 3.14. The van der Waals surface area contributed by atoms with Crippen LogP contribution in [-0.2, 0) is 13.0 Å². The first-order valence-electron chi connectivity index (χ1n) is 8.76. The standard InChI is InChI=1S/C21H23ClN2O2/c1-15(14-25)23-13-18-11-17-7-8-19(22)12-20(17)24-21(18)26-10-9-16-5-3-2-4-6-16/h2-8,11-12,15,23,25H,9-10,13-14H2,1H3. The Kier molecular flexibility index (Phi) is 6.45. The number of pyridine rings is 1. The lowest BCUT2D eigenvalue weighted by molar-refractivity contribution is 0.249. The molecule has 3 rings (SSSR count). The van der Waals surface area contributed by atoms with Crippen LogP contribution in [-0.4, -0.2) is 29.3 Å². The summed E-state index contributed by atoms with van der Waals surface area (Å²) in [4.78, 5) is 4.66. The number of benzene rings is 2. The molecular formula is C21H23ClN2O2. The highest BCUT2D eigenvalue weighted by Crippen LogP contribution is 2.25. The molecule has 3 aromatic rings. The van der Waals surface area contributed by atoms with Crippen LogP contribution >= 0.6 is 11.6 Å². The van der Waals surface area contributed by atoms with E-state index < -0.39 is 0 Å². The van der Waals surface area contributed by atoms with E-state index in [1.165, 1.54) is 5.56 Å². The van der Waals surface area contributed by atoms with Crippen molar-refractivity contribution in [1.29, 1.82) is 0 Å². The number of hydrogen-bond donors (Lipinski definition) is 2. The molecule has 1 atom stereocenters. The number of fused-ring (bicyclic) bond motifs is 1. The van der Waals surface area contributed by atoms with Crippen LogP contribution in [0, 0.1) is 0 Å². The van der Waals surface area contributed by atoms with Gasteiger partial charge in [0.2, 0.25) is 5.88 Å². The predicted molar refractivity (Wildman–Crippen MR) is 106 cm³/mol. The number of aromatic nitrogens is 1. The van der Waals surface area contributed by atoms with Crippen molar-refractivity contribution in [3.8, 4) is 5.88 Å². The summed E-state index contributed by atoms with van der Waals surface area (Å²) in [5, 5.41) is 14.2. The van der Waals surface area contributed by atoms with Crippen molar-refractivity contribution >= 4 is 22.5 Å². The molecule has 136 valence electrons. The van der Waals surface area contributed by atoms with E-state index >= 15 is 0 Å². The van der Waals surface area contributed by atoms with Crippen molar-refractivity contribution in [2.75, 3.05) is 13.2 Å². The Morgan fingerprint density at radius 3 is 2.73 bits per heavy atom. The zero-order chi connectivity index (χ0) is 18.4. The van der Waals surface area contributed by atoms with Crippen molar-refractivity contribution in [2.24, 2.45) is 0 Å². The Bertz CT molecular complexity index is 855. The summed E-state index contributed by atoms with van der Waals surface area (Å²) in [6, 6.07) is 18.0. The van der Waals surface area contributed by atoms with E-state index in [-0.39, 0.29) is 12.6 Å². The number of hydrogen-bond acceptors (Lipinski definition) is 4. The smallest absolute Gasteiger partial charge is 0.218 e. The normalized spacial score (nSPS) is 12.3. The molecule has 1 heterocycles. The maximum Gasteiger partial charge on any atom is 0.218 e. The molecule has 2 N–H and O–H groups in total. The Morgan fingerprint density at radius 1 is 1.15 bits per heavy atom. The van der Waals surface area contributed by atoms with Crippen LogP contribution in [0.5, 0.6) is 5.88 Å². The van der Waals surface area contributed by atoms with E-state index in [9.17, 15) is 5.11 Å². The summed E-state index contributed by atoms with van der Waals surface area (Å²) in [7, 11) is 0. The second-order valence-corrected chi connectivity index (χ2v) is 6.77. The lowest BCUT2D eigenvalue weighted by Crippen LogP contribution is -2.29. The molecule has 0 aliphatic heterocycles. The van der Waals surface area contributed by atoms with Gasteiger partial charge in [0.05, 0.1) is 18.7 Å². The third kappa shape index (κ3) is 4.94. The van der Waals surface area contributed by atoms with Gasteiger partial charge >= 0.3 is 0 Å². The fourth-order valence-corrected chi connectivity index (χ4v) is 2.84. The lowest BCUT2D eigenvalue weighted by Gasteiger charge is -2.15. The number of halogens is 1. The van der Waals surface area contributed by atoms with E-state index in [2.05, 4.69) is 28.5 Å². The second-order valence-electron chi connectivity index (χ2n) is 6.34. The molecule has 0 fully saturated rings. The van der Waals surface area contributed by atoms with Gasteiger partial charge in [-0.3, -0.25) is 0 Å². The monoisotopic (exact) mass is 370 g/mol. The predicted octanol–water partition coefficient (Wildman–Crippen LogP) is 3.98. The molecule has 0 bridgehead atoms. The molecule has 0 radical (unpaired) electrons. The summed E-state index contributed by atoms with van der Waals surface area (Å²) in [6.07, 6.45) is 0.815. The molecule has 1 unspecified atom stereocenters. The number of aliphatic hydroxyl groups excluding tert-OH is 1. The summed E-state index contributed by atoms with van der Waals surface area (Å²) < 4.78 is 6.00. The van der Waals surface area contributed by atoms with Gasteiger partial charge in [-0.25, -0.2) is 4.98 Å². The summed E-state index contributed by atoms with van der Waals surface area (Å²) in [5.41, 5.74) is 3.00. The average molecular weight is 371 g/mol. The Hall–Kier alpha value is -2.14. The molecule has 0 saturated heterocycles. The van der Waals surface area contributed by atoms with Gasteiger partial charge in [0.1, 0.15) is 0 Å². The first-order valence-corrected chi connectivity index (χ1v) is 9.13. The van der Waals surface area contributed by atoms with Crippen molar-refractivity contribution < 1.29 is 9.84 Å². The maximum atomic E-state index is 9.23. The van der Waals surface area contributed by atoms with Gasteiger partial charge in [-0.2, -0.15) is 0 Å². The highest BCUT2D eigenvalue weighted by Gasteiger charge is 2.10. The van der Waals surface area contributed by atoms with Crippen molar-refractivity contribution in [1.82, 2.24) is 10.3 Å². The highest BCUT2D eigenvalue weighted by atomic mass is 35.5. The zero-order valence-electron chi connectivity index (χ0n) is 14.8. The van der Waals surface area contributed by atoms with Gasteiger partial charge in [-0.15, -0.1) is 0 Å². The summed E-state index contributed by atoms with van der Waals surface area (Å²) >= 11 is 6.10. The summed E-state index contributed by atoms with van der Waals surface area (Å²) in [5.74, 6) is 0.605. The van der Waals surface area contributed by atoms with Crippen LogP contribution in [0.25, 0.3) is 10.9 Å².